The molecule has 5 nitrogen and oxygen atoms in total. The van der Waals surface area contributed by atoms with E-state index in [4.69, 9.17) is 5.11 Å². The minimum atomic E-state index is -0.106. The molecule has 5 heteroatoms. The van der Waals surface area contributed by atoms with E-state index in [1.54, 1.807) is 11.7 Å². The highest BCUT2D eigenvalue weighted by atomic mass is 16.3. The molecule has 0 aromatic carbocycles. The Labute approximate surface area is 102 Å². The number of aliphatic hydroxyl groups is 1. The van der Waals surface area contributed by atoms with Crippen molar-refractivity contribution in [3.8, 4) is 0 Å². The predicted molar refractivity (Wildman–Crippen MR) is 65.8 cm³/mol. The third-order valence-corrected chi connectivity index (χ3v) is 2.70. The number of carbonyl (C=O) groups is 1. The summed E-state index contributed by atoms with van der Waals surface area (Å²) >= 11 is 0. The van der Waals surface area contributed by atoms with Crippen molar-refractivity contribution in [1.29, 1.82) is 0 Å². The van der Waals surface area contributed by atoms with Gasteiger partial charge in [0.2, 0.25) is 0 Å². The molecule has 0 spiro atoms. The largest absolute Gasteiger partial charge is 0.396 e. The fourth-order valence-corrected chi connectivity index (χ4v) is 1.68. The fourth-order valence-electron chi connectivity index (χ4n) is 1.68. The van der Waals surface area contributed by atoms with Gasteiger partial charge in [0.1, 0.15) is 5.69 Å². The van der Waals surface area contributed by atoms with Crippen molar-refractivity contribution in [2.75, 3.05) is 6.61 Å². The van der Waals surface area contributed by atoms with Crippen molar-refractivity contribution < 1.29 is 9.90 Å². The van der Waals surface area contributed by atoms with Crippen LogP contribution in [0.2, 0.25) is 0 Å². The van der Waals surface area contributed by atoms with Crippen LogP contribution < -0.4 is 5.32 Å². The summed E-state index contributed by atoms with van der Waals surface area (Å²) < 4.78 is 1.60. The predicted octanol–water partition coefficient (Wildman–Crippen LogP) is 0.873. The molecule has 0 bridgehead atoms. The number of amides is 1. The van der Waals surface area contributed by atoms with E-state index in [0.29, 0.717) is 12.1 Å². The Morgan fingerprint density at radius 2 is 2.35 bits per heavy atom. The Hall–Kier alpha value is -1.36. The van der Waals surface area contributed by atoms with E-state index in [2.05, 4.69) is 10.4 Å². The molecule has 0 aliphatic carbocycles. The minimum absolute atomic E-state index is 0.0645. The molecule has 2 N–H and O–H groups in total. The van der Waals surface area contributed by atoms with Crippen LogP contribution in [-0.4, -0.2) is 33.4 Å². The van der Waals surface area contributed by atoms with Gasteiger partial charge in [-0.05, 0) is 32.3 Å². The molecule has 0 aliphatic heterocycles. The normalized spacial score (nSPS) is 12.5. The van der Waals surface area contributed by atoms with Gasteiger partial charge in [0.15, 0.2) is 0 Å². The van der Waals surface area contributed by atoms with Gasteiger partial charge >= 0.3 is 0 Å². The standard InChI is InChI=1S/C12H21N3O2/c1-4-10-8-11(15(3)14-10)12(17)13-9(2)6-5-7-16/h8-9,16H,4-7H2,1-3H3,(H,13,17). The number of rotatable bonds is 6. The maximum absolute atomic E-state index is 11.9. The molecule has 0 saturated heterocycles. The molecule has 1 aromatic rings. The Kier molecular flexibility index (Phi) is 5.15. The van der Waals surface area contributed by atoms with E-state index in [-0.39, 0.29) is 18.6 Å². The van der Waals surface area contributed by atoms with Gasteiger partial charge in [-0.2, -0.15) is 5.10 Å². The van der Waals surface area contributed by atoms with Gasteiger partial charge in [0.05, 0.1) is 5.69 Å². The van der Waals surface area contributed by atoms with Gasteiger partial charge in [-0.15, -0.1) is 0 Å². The van der Waals surface area contributed by atoms with E-state index in [1.807, 2.05) is 19.9 Å². The van der Waals surface area contributed by atoms with Crippen molar-refractivity contribution in [2.45, 2.75) is 39.2 Å². The van der Waals surface area contributed by atoms with Crippen LogP contribution in [0.1, 0.15) is 42.9 Å². The number of aromatic nitrogens is 2. The third-order valence-electron chi connectivity index (χ3n) is 2.70. The number of nitrogens with zero attached hydrogens (tertiary/aromatic N) is 2. The Morgan fingerprint density at radius 1 is 1.65 bits per heavy atom. The van der Waals surface area contributed by atoms with Crippen molar-refractivity contribution in [2.24, 2.45) is 7.05 Å². The van der Waals surface area contributed by atoms with Gasteiger partial charge in [0, 0.05) is 19.7 Å². The van der Waals surface area contributed by atoms with Crippen LogP contribution in [0.15, 0.2) is 6.07 Å². The van der Waals surface area contributed by atoms with E-state index in [9.17, 15) is 4.79 Å². The zero-order chi connectivity index (χ0) is 12.8. The first kappa shape index (κ1) is 13.7. The molecular weight excluding hydrogens is 218 g/mol. The highest BCUT2D eigenvalue weighted by Gasteiger charge is 2.14. The number of nitrogens with one attached hydrogen (secondary N) is 1. The molecule has 1 atom stereocenters. The first-order chi connectivity index (χ1) is 8.08. The topological polar surface area (TPSA) is 67.2 Å². The van der Waals surface area contributed by atoms with Crippen molar-refractivity contribution in [1.82, 2.24) is 15.1 Å². The first-order valence-corrected chi connectivity index (χ1v) is 6.03. The second kappa shape index (κ2) is 6.39. The SMILES string of the molecule is CCc1cc(C(=O)NC(C)CCCO)n(C)n1. The molecule has 0 fully saturated rings. The summed E-state index contributed by atoms with van der Waals surface area (Å²) in [7, 11) is 1.77. The van der Waals surface area contributed by atoms with E-state index >= 15 is 0 Å². The number of hydrogen-bond acceptors (Lipinski definition) is 3. The zero-order valence-electron chi connectivity index (χ0n) is 10.7. The van der Waals surface area contributed by atoms with Crippen LogP contribution in [0.5, 0.6) is 0 Å². The Bertz CT molecular complexity index is 374. The smallest absolute Gasteiger partial charge is 0.269 e. The molecule has 0 saturated carbocycles. The highest BCUT2D eigenvalue weighted by molar-refractivity contribution is 5.92. The van der Waals surface area contributed by atoms with Gasteiger partial charge in [0.25, 0.3) is 5.91 Å². The summed E-state index contributed by atoms with van der Waals surface area (Å²) in [6.07, 6.45) is 2.30. The molecule has 1 aromatic heterocycles. The highest BCUT2D eigenvalue weighted by Crippen LogP contribution is 2.05. The van der Waals surface area contributed by atoms with Crippen LogP contribution in [0, 0.1) is 0 Å². The maximum Gasteiger partial charge on any atom is 0.269 e. The minimum Gasteiger partial charge on any atom is -0.396 e. The molecular formula is C12H21N3O2. The average molecular weight is 239 g/mol. The summed E-state index contributed by atoms with van der Waals surface area (Å²) in [6, 6.07) is 1.88. The molecule has 1 amide bonds. The van der Waals surface area contributed by atoms with Crippen molar-refractivity contribution >= 4 is 5.91 Å². The van der Waals surface area contributed by atoms with Crippen LogP contribution >= 0.6 is 0 Å². The van der Waals surface area contributed by atoms with Crippen LogP contribution in [-0.2, 0) is 13.5 Å². The molecule has 0 radical (unpaired) electrons. The van der Waals surface area contributed by atoms with Gasteiger partial charge < -0.3 is 10.4 Å². The van der Waals surface area contributed by atoms with E-state index in [0.717, 1.165) is 18.5 Å². The van der Waals surface area contributed by atoms with Crippen molar-refractivity contribution in [3.63, 3.8) is 0 Å². The monoisotopic (exact) mass is 239 g/mol. The third kappa shape index (κ3) is 3.85. The molecule has 1 rings (SSSR count). The fraction of sp³-hybridized carbons (Fsp3) is 0.667. The molecule has 1 unspecified atom stereocenters. The van der Waals surface area contributed by atoms with Crippen LogP contribution in [0.3, 0.4) is 0 Å². The summed E-state index contributed by atoms with van der Waals surface area (Å²) in [6.45, 7) is 4.10. The summed E-state index contributed by atoms with van der Waals surface area (Å²) in [5, 5.41) is 15.9. The molecule has 0 aliphatic rings. The average Bonchev–Trinajstić information content (AvgIpc) is 2.68. The molecule has 17 heavy (non-hydrogen) atoms. The number of aliphatic hydroxyl groups excluding tert-OH is 1. The molecule has 96 valence electrons. The maximum atomic E-state index is 11.9. The summed E-state index contributed by atoms with van der Waals surface area (Å²) in [4.78, 5) is 11.9. The Balaban J connectivity index is 2.59. The molecule has 1 heterocycles. The second-order valence-corrected chi connectivity index (χ2v) is 4.24. The summed E-state index contributed by atoms with van der Waals surface area (Å²) in [5.41, 5.74) is 1.50. The van der Waals surface area contributed by atoms with E-state index < -0.39 is 0 Å². The quantitative estimate of drug-likeness (QED) is 0.774. The first-order valence-electron chi connectivity index (χ1n) is 6.03. The lowest BCUT2D eigenvalue weighted by atomic mass is 10.2. The Morgan fingerprint density at radius 3 is 2.88 bits per heavy atom. The number of carbonyl (C=O) groups excluding carboxylic acids is 1. The summed E-state index contributed by atoms with van der Waals surface area (Å²) in [5.74, 6) is -0.106. The number of aryl methyl sites for hydroxylation is 2. The van der Waals surface area contributed by atoms with Crippen molar-refractivity contribution in [3.05, 3.63) is 17.5 Å². The van der Waals surface area contributed by atoms with E-state index in [1.165, 1.54) is 0 Å². The van der Waals surface area contributed by atoms with Gasteiger partial charge in [-0.25, -0.2) is 0 Å². The lowest BCUT2D eigenvalue weighted by molar-refractivity contribution is 0.0927. The number of hydrogen-bond donors (Lipinski definition) is 2. The van der Waals surface area contributed by atoms with Gasteiger partial charge in [-0.3, -0.25) is 9.48 Å². The lowest BCUT2D eigenvalue weighted by Gasteiger charge is -2.12. The van der Waals surface area contributed by atoms with Gasteiger partial charge in [-0.1, -0.05) is 6.92 Å². The lowest BCUT2D eigenvalue weighted by Crippen LogP contribution is -2.33. The second-order valence-electron chi connectivity index (χ2n) is 4.24. The van der Waals surface area contributed by atoms with Crippen LogP contribution in [0.25, 0.3) is 0 Å². The zero-order valence-corrected chi connectivity index (χ0v) is 10.7. The van der Waals surface area contributed by atoms with Crippen LogP contribution in [0.4, 0.5) is 0 Å².